The molecule has 0 radical (unpaired) electrons. The van der Waals surface area contributed by atoms with E-state index in [0.717, 1.165) is 5.56 Å². The molecule has 1 rings (SSSR count). The summed E-state index contributed by atoms with van der Waals surface area (Å²) in [5, 5.41) is 0. The summed E-state index contributed by atoms with van der Waals surface area (Å²) in [5.74, 6) is -0.614. The molecule has 6 nitrogen and oxygen atoms in total. The van der Waals surface area contributed by atoms with Gasteiger partial charge in [0.15, 0.2) is 0 Å². The third-order valence-corrected chi connectivity index (χ3v) is 5.03. The first-order valence-electron chi connectivity index (χ1n) is 6.67. The number of sulfonamides is 1. The molecule has 0 amide bonds. The van der Waals surface area contributed by atoms with Gasteiger partial charge in [0.1, 0.15) is 6.04 Å². The first-order valence-corrected chi connectivity index (χ1v) is 8.15. The second-order valence-corrected chi connectivity index (χ2v) is 6.62. The van der Waals surface area contributed by atoms with Crippen LogP contribution in [0, 0.1) is 20.8 Å². The van der Waals surface area contributed by atoms with E-state index in [0.29, 0.717) is 16.8 Å². The van der Waals surface area contributed by atoms with Crippen molar-refractivity contribution in [2.75, 3.05) is 12.3 Å². The standard InChI is InChI=1S/C14H22N2O4S/c1-6-20-14(17)11(5)16-21(18,19)13-9(3)7-8(2)12(15)10(13)4/h7,11,16H,6,15H2,1-5H3. The molecule has 0 bridgehead atoms. The summed E-state index contributed by atoms with van der Waals surface area (Å²) < 4.78 is 32.1. The number of nitrogen functional groups attached to an aromatic ring is 1. The lowest BCUT2D eigenvalue weighted by atomic mass is 10.1. The van der Waals surface area contributed by atoms with Gasteiger partial charge in [-0.2, -0.15) is 4.72 Å². The molecular formula is C14H22N2O4S. The number of carbonyl (C=O) groups excluding carboxylic acids is 1. The van der Waals surface area contributed by atoms with Crippen LogP contribution in [0.15, 0.2) is 11.0 Å². The molecule has 0 aliphatic carbocycles. The minimum Gasteiger partial charge on any atom is -0.465 e. The lowest BCUT2D eigenvalue weighted by Crippen LogP contribution is -2.40. The van der Waals surface area contributed by atoms with E-state index >= 15 is 0 Å². The smallest absolute Gasteiger partial charge is 0.323 e. The number of benzene rings is 1. The topological polar surface area (TPSA) is 98.5 Å². The molecule has 0 aliphatic rings. The van der Waals surface area contributed by atoms with Gasteiger partial charge in [0.05, 0.1) is 11.5 Å². The summed E-state index contributed by atoms with van der Waals surface area (Å²) in [6.45, 7) is 8.47. The summed E-state index contributed by atoms with van der Waals surface area (Å²) in [6.07, 6.45) is 0. The first kappa shape index (κ1) is 17.5. The van der Waals surface area contributed by atoms with Crippen LogP contribution >= 0.6 is 0 Å². The second kappa shape index (κ2) is 6.44. The van der Waals surface area contributed by atoms with E-state index < -0.39 is 22.0 Å². The van der Waals surface area contributed by atoms with Crippen molar-refractivity contribution < 1.29 is 17.9 Å². The van der Waals surface area contributed by atoms with Crippen LogP contribution in [0.3, 0.4) is 0 Å². The summed E-state index contributed by atoms with van der Waals surface area (Å²) in [6, 6.07) is 0.752. The Balaban J connectivity index is 3.21. The summed E-state index contributed by atoms with van der Waals surface area (Å²) in [4.78, 5) is 11.7. The Morgan fingerprint density at radius 1 is 1.33 bits per heavy atom. The van der Waals surface area contributed by atoms with Crippen LogP contribution in [0.25, 0.3) is 0 Å². The molecule has 0 fully saturated rings. The fourth-order valence-electron chi connectivity index (χ4n) is 2.20. The molecule has 1 unspecified atom stereocenters. The van der Waals surface area contributed by atoms with Crippen LogP contribution in [-0.2, 0) is 19.6 Å². The van der Waals surface area contributed by atoms with Gasteiger partial charge >= 0.3 is 5.97 Å². The average Bonchev–Trinajstić information content (AvgIpc) is 2.35. The molecule has 7 heteroatoms. The largest absolute Gasteiger partial charge is 0.465 e. The van der Waals surface area contributed by atoms with Crippen molar-refractivity contribution in [1.29, 1.82) is 0 Å². The van der Waals surface area contributed by atoms with Crippen molar-refractivity contribution >= 4 is 21.7 Å². The van der Waals surface area contributed by atoms with Gasteiger partial charge < -0.3 is 10.5 Å². The molecular weight excluding hydrogens is 292 g/mol. The molecule has 0 aromatic heterocycles. The lowest BCUT2D eigenvalue weighted by molar-refractivity contribution is -0.144. The Morgan fingerprint density at radius 2 is 1.90 bits per heavy atom. The first-order chi connectivity index (χ1) is 9.61. The van der Waals surface area contributed by atoms with E-state index in [4.69, 9.17) is 10.5 Å². The molecule has 21 heavy (non-hydrogen) atoms. The quantitative estimate of drug-likeness (QED) is 0.632. The monoisotopic (exact) mass is 314 g/mol. The van der Waals surface area contributed by atoms with Crippen LogP contribution in [-0.4, -0.2) is 27.0 Å². The van der Waals surface area contributed by atoms with E-state index in [-0.39, 0.29) is 11.5 Å². The lowest BCUT2D eigenvalue weighted by Gasteiger charge is -2.18. The van der Waals surface area contributed by atoms with Gasteiger partial charge in [-0.25, -0.2) is 8.42 Å². The highest BCUT2D eigenvalue weighted by atomic mass is 32.2. The van der Waals surface area contributed by atoms with Crippen molar-refractivity contribution in [1.82, 2.24) is 4.72 Å². The number of ether oxygens (including phenoxy) is 1. The molecule has 0 saturated heterocycles. The number of hydrogen-bond acceptors (Lipinski definition) is 5. The summed E-state index contributed by atoms with van der Waals surface area (Å²) >= 11 is 0. The zero-order valence-electron chi connectivity index (χ0n) is 13.0. The van der Waals surface area contributed by atoms with Crippen molar-refractivity contribution in [2.45, 2.75) is 45.6 Å². The Hall–Kier alpha value is -1.60. The predicted molar refractivity (Wildman–Crippen MR) is 81.5 cm³/mol. The molecule has 0 aliphatic heterocycles. The van der Waals surface area contributed by atoms with Gasteiger partial charge in [-0.05, 0) is 51.3 Å². The van der Waals surface area contributed by atoms with Crippen LogP contribution in [0.4, 0.5) is 5.69 Å². The zero-order chi connectivity index (χ0) is 16.4. The third-order valence-electron chi connectivity index (χ3n) is 3.20. The Labute approximate surface area is 125 Å². The summed E-state index contributed by atoms with van der Waals surface area (Å²) in [7, 11) is -3.85. The molecule has 0 saturated carbocycles. The van der Waals surface area contributed by atoms with E-state index in [1.165, 1.54) is 6.92 Å². The number of aryl methyl sites for hydroxylation is 2. The van der Waals surface area contributed by atoms with Crippen molar-refractivity contribution in [3.8, 4) is 0 Å². The normalized spacial score (nSPS) is 13.0. The highest BCUT2D eigenvalue weighted by molar-refractivity contribution is 7.89. The fourth-order valence-corrected chi connectivity index (χ4v) is 3.88. The van der Waals surface area contributed by atoms with Crippen molar-refractivity contribution in [3.05, 3.63) is 22.8 Å². The number of hydrogen-bond donors (Lipinski definition) is 2. The average molecular weight is 314 g/mol. The predicted octanol–water partition coefficient (Wildman–Crippen LogP) is 1.42. The Bertz CT molecular complexity index is 653. The number of carbonyl (C=O) groups is 1. The van der Waals surface area contributed by atoms with Gasteiger partial charge in [0.2, 0.25) is 10.0 Å². The Kier molecular flexibility index (Phi) is 5.36. The van der Waals surface area contributed by atoms with Gasteiger partial charge in [0, 0.05) is 5.69 Å². The van der Waals surface area contributed by atoms with Crippen molar-refractivity contribution in [2.24, 2.45) is 0 Å². The number of anilines is 1. The van der Waals surface area contributed by atoms with E-state index in [2.05, 4.69) is 4.72 Å². The molecule has 118 valence electrons. The van der Waals surface area contributed by atoms with E-state index in [1.807, 2.05) is 6.92 Å². The molecule has 3 N–H and O–H groups in total. The van der Waals surface area contributed by atoms with Gasteiger partial charge in [-0.3, -0.25) is 4.79 Å². The number of nitrogens with two attached hydrogens (primary N) is 1. The van der Waals surface area contributed by atoms with E-state index in [9.17, 15) is 13.2 Å². The zero-order valence-corrected chi connectivity index (χ0v) is 13.8. The third kappa shape index (κ3) is 3.74. The molecule has 1 atom stereocenters. The SMILES string of the molecule is CCOC(=O)C(C)NS(=O)(=O)c1c(C)cc(C)c(N)c1C. The number of esters is 1. The maximum absolute atomic E-state index is 12.5. The maximum Gasteiger partial charge on any atom is 0.323 e. The molecule has 0 spiro atoms. The van der Waals surface area contributed by atoms with Crippen LogP contribution in [0.2, 0.25) is 0 Å². The molecule has 1 aromatic rings. The second-order valence-electron chi connectivity index (χ2n) is 4.97. The Morgan fingerprint density at radius 3 is 2.43 bits per heavy atom. The van der Waals surface area contributed by atoms with Crippen LogP contribution in [0.5, 0.6) is 0 Å². The highest BCUT2D eigenvalue weighted by Gasteiger charge is 2.26. The molecule has 0 heterocycles. The molecule has 1 aromatic carbocycles. The van der Waals surface area contributed by atoms with Crippen LogP contribution in [0.1, 0.15) is 30.5 Å². The number of nitrogens with one attached hydrogen (secondary N) is 1. The summed E-state index contributed by atoms with van der Waals surface area (Å²) in [5.41, 5.74) is 8.23. The van der Waals surface area contributed by atoms with Gasteiger partial charge in [0.25, 0.3) is 0 Å². The van der Waals surface area contributed by atoms with Crippen molar-refractivity contribution in [3.63, 3.8) is 0 Å². The highest BCUT2D eigenvalue weighted by Crippen LogP contribution is 2.28. The maximum atomic E-state index is 12.5. The van der Waals surface area contributed by atoms with Crippen LogP contribution < -0.4 is 10.5 Å². The fraction of sp³-hybridized carbons (Fsp3) is 0.500. The minimum absolute atomic E-state index is 0.113. The van der Waals surface area contributed by atoms with Gasteiger partial charge in [-0.1, -0.05) is 6.07 Å². The van der Waals surface area contributed by atoms with Gasteiger partial charge in [-0.15, -0.1) is 0 Å². The minimum atomic E-state index is -3.85. The van der Waals surface area contributed by atoms with E-state index in [1.54, 1.807) is 26.8 Å². The number of rotatable bonds is 5.